The number of rotatable bonds is 7. The summed E-state index contributed by atoms with van der Waals surface area (Å²) < 4.78 is 14.5. The highest BCUT2D eigenvalue weighted by molar-refractivity contribution is 9.10. The number of nitrogens with zero attached hydrogens (tertiary/aromatic N) is 3. The van der Waals surface area contributed by atoms with Crippen molar-refractivity contribution in [1.29, 1.82) is 0 Å². The third-order valence-corrected chi connectivity index (χ3v) is 5.92. The zero-order valence-electron chi connectivity index (χ0n) is 17.4. The number of carbonyl (C=O) groups excluding carboxylic acids is 1. The van der Waals surface area contributed by atoms with Gasteiger partial charge in [0, 0.05) is 10.7 Å². The van der Waals surface area contributed by atoms with Gasteiger partial charge in [-0.3, -0.25) is 9.48 Å². The highest BCUT2D eigenvalue weighted by Gasteiger charge is 2.22. The molecule has 0 saturated heterocycles. The zero-order chi connectivity index (χ0) is 22.7. The van der Waals surface area contributed by atoms with Crippen LogP contribution in [-0.4, -0.2) is 20.8 Å². The van der Waals surface area contributed by atoms with Crippen molar-refractivity contribution in [3.8, 4) is 5.75 Å². The van der Waals surface area contributed by atoms with Gasteiger partial charge in [-0.05, 0) is 59.6 Å². The molecule has 0 aliphatic carbocycles. The van der Waals surface area contributed by atoms with Crippen molar-refractivity contribution >= 4 is 43.6 Å². The molecule has 0 aliphatic heterocycles. The Bertz CT molecular complexity index is 1230. The molecule has 164 valence electrons. The highest BCUT2D eigenvalue weighted by Crippen LogP contribution is 2.24. The van der Waals surface area contributed by atoms with E-state index in [1.165, 1.54) is 0 Å². The first-order chi connectivity index (χ1) is 15.4. The van der Waals surface area contributed by atoms with E-state index in [1.54, 1.807) is 11.6 Å². The summed E-state index contributed by atoms with van der Waals surface area (Å²) in [6.07, 6.45) is 1.81. The van der Waals surface area contributed by atoms with E-state index < -0.39 is 5.91 Å². The lowest BCUT2D eigenvalue weighted by Gasteiger charge is -2.07. The Kier molecular flexibility index (Phi) is 6.76. The molecule has 0 saturated carbocycles. The van der Waals surface area contributed by atoms with Crippen LogP contribution in [0.4, 0.5) is 5.82 Å². The molecule has 0 spiro atoms. The monoisotopic (exact) mass is 558 g/mol. The third kappa shape index (κ3) is 5.28. The summed E-state index contributed by atoms with van der Waals surface area (Å²) in [6.45, 7) is 4.50. The lowest BCUT2D eigenvalue weighted by molar-refractivity contribution is 0.101. The molecule has 1 amide bonds. The quantitative estimate of drug-likeness (QED) is 0.305. The van der Waals surface area contributed by atoms with E-state index in [1.807, 2.05) is 61.7 Å². The molecule has 4 aromatic rings. The van der Waals surface area contributed by atoms with Crippen molar-refractivity contribution in [3.05, 3.63) is 91.8 Å². The molecule has 1 N–H and O–H groups in total. The zero-order valence-corrected chi connectivity index (χ0v) is 20.6. The van der Waals surface area contributed by atoms with E-state index >= 15 is 0 Å². The van der Waals surface area contributed by atoms with Gasteiger partial charge in [0.05, 0.1) is 16.6 Å². The van der Waals surface area contributed by atoms with E-state index in [2.05, 4.69) is 47.4 Å². The smallest absolute Gasteiger partial charge is 0.279 e. The molecule has 2 aromatic heterocycles. The summed E-state index contributed by atoms with van der Waals surface area (Å²) in [5, 5.41) is 11.2. The van der Waals surface area contributed by atoms with Crippen LogP contribution < -0.4 is 10.1 Å². The maximum absolute atomic E-state index is 12.9. The number of benzene rings is 2. The van der Waals surface area contributed by atoms with Crippen LogP contribution in [0.15, 0.2) is 68.2 Å². The predicted octanol–water partition coefficient (Wildman–Crippen LogP) is 5.89. The fourth-order valence-corrected chi connectivity index (χ4v) is 3.72. The fraction of sp³-hybridized carbons (Fsp3) is 0.174. The molecule has 7 nitrogen and oxygen atoms in total. The first-order valence-electron chi connectivity index (χ1n) is 9.82. The average Bonchev–Trinajstić information content (AvgIpc) is 3.31. The summed E-state index contributed by atoms with van der Waals surface area (Å²) in [5.74, 6) is 1.22. The van der Waals surface area contributed by atoms with E-state index in [0.29, 0.717) is 33.9 Å². The van der Waals surface area contributed by atoms with Crippen molar-refractivity contribution in [2.75, 3.05) is 5.32 Å². The molecule has 0 atom stereocenters. The average molecular weight is 560 g/mol. The third-order valence-electron chi connectivity index (χ3n) is 4.81. The summed E-state index contributed by atoms with van der Waals surface area (Å²) >= 11 is 6.89. The van der Waals surface area contributed by atoms with Crippen LogP contribution >= 0.6 is 31.9 Å². The molecular formula is C23H20Br2N4O3. The van der Waals surface area contributed by atoms with Crippen LogP contribution in [0, 0.1) is 13.8 Å². The Morgan fingerprint density at radius 3 is 2.53 bits per heavy atom. The summed E-state index contributed by atoms with van der Waals surface area (Å²) in [4.78, 5) is 12.9. The van der Waals surface area contributed by atoms with E-state index in [-0.39, 0.29) is 12.3 Å². The van der Waals surface area contributed by atoms with Gasteiger partial charge in [0.15, 0.2) is 11.5 Å². The maximum Gasteiger partial charge on any atom is 0.279 e. The SMILES string of the molecule is Cc1ccc(OCc2c(C(=O)Nc3nn(Cc4ccc(Br)cc4)cc3Br)noc2C)cc1. The van der Waals surface area contributed by atoms with Crippen LogP contribution in [0.25, 0.3) is 0 Å². The summed E-state index contributed by atoms with van der Waals surface area (Å²) in [5.41, 5.74) is 2.99. The van der Waals surface area contributed by atoms with Crippen molar-refractivity contribution in [2.24, 2.45) is 0 Å². The number of hydrogen-bond acceptors (Lipinski definition) is 5. The van der Waals surface area contributed by atoms with E-state index in [0.717, 1.165) is 15.6 Å². The fourth-order valence-electron chi connectivity index (χ4n) is 3.04. The second kappa shape index (κ2) is 9.70. The number of aryl methyl sites for hydroxylation is 2. The number of nitrogens with one attached hydrogen (secondary N) is 1. The summed E-state index contributed by atoms with van der Waals surface area (Å²) in [7, 11) is 0. The molecule has 0 fully saturated rings. The Morgan fingerprint density at radius 2 is 1.81 bits per heavy atom. The van der Waals surface area contributed by atoms with Gasteiger partial charge in [0.1, 0.15) is 18.1 Å². The second-order valence-electron chi connectivity index (χ2n) is 7.27. The van der Waals surface area contributed by atoms with Gasteiger partial charge in [-0.15, -0.1) is 0 Å². The van der Waals surface area contributed by atoms with Gasteiger partial charge in [-0.25, -0.2) is 0 Å². The van der Waals surface area contributed by atoms with Crippen LogP contribution in [0.1, 0.15) is 32.9 Å². The Balaban J connectivity index is 1.45. The van der Waals surface area contributed by atoms with Gasteiger partial charge >= 0.3 is 0 Å². The number of amides is 1. The lowest BCUT2D eigenvalue weighted by atomic mass is 10.2. The predicted molar refractivity (Wildman–Crippen MR) is 128 cm³/mol. The van der Waals surface area contributed by atoms with Crippen molar-refractivity contribution in [1.82, 2.24) is 14.9 Å². The van der Waals surface area contributed by atoms with Crippen molar-refractivity contribution in [2.45, 2.75) is 27.0 Å². The Labute approximate surface area is 202 Å². The molecule has 4 rings (SSSR count). The van der Waals surface area contributed by atoms with Gasteiger partial charge in [-0.1, -0.05) is 50.9 Å². The minimum atomic E-state index is -0.418. The van der Waals surface area contributed by atoms with Crippen LogP contribution in [0.5, 0.6) is 5.75 Å². The van der Waals surface area contributed by atoms with Crippen LogP contribution in [-0.2, 0) is 13.2 Å². The standard InChI is InChI=1S/C23H20Br2N4O3/c1-14-3-9-18(10-4-14)31-13-19-15(2)32-28-21(19)23(30)26-22-20(25)12-29(27-22)11-16-5-7-17(24)8-6-16/h3-10,12H,11,13H2,1-2H3,(H,26,27,30). The Hall–Kier alpha value is -2.91. The molecule has 2 heterocycles. The van der Waals surface area contributed by atoms with Gasteiger partial charge in [-0.2, -0.15) is 5.10 Å². The molecule has 32 heavy (non-hydrogen) atoms. The number of halogens is 2. The van der Waals surface area contributed by atoms with Crippen molar-refractivity contribution < 1.29 is 14.1 Å². The first kappa shape index (κ1) is 22.3. The topological polar surface area (TPSA) is 82.2 Å². The number of carbonyl (C=O) groups is 1. The number of aromatic nitrogens is 3. The lowest BCUT2D eigenvalue weighted by Crippen LogP contribution is -2.16. The molecular weight excluding hydrogens is 540 g/mol. The van der Waals surface area contributed by atoms with Gasteiger partial charge in [0.25, 0.3) is 5.91 Å². The van der Waals surface area contributed by atoms with E-state index in [9.17, 15) is 4.79 Å². The van der Waals surface area contributed by atoms with E-state index in [4.69, 9.17) is 9.26 Å². The van der Waals surface area contributed by atoms with Crippen molar-refractivity contribution in [3.63, 3.8) is 0 Å². The highest BCUT2D eigenvalue weighted by atomic mass is 79.9. The molecule has 0 bridgehead atoms. The number of anilines is 1. The number of ether oxygens (including phenoxy) is 1. The minimum absolute atomic E-state index is 0.167. The van der Waals surface area contributed by atoms with Crippen LogP contribution in [0.3, 0.4) is 0 Å². The molecule has 0 unspecified atom stereocenters. The van der Waals surface area contributed by atoms with Gasteiger partial charge < -0.3 is 14.6 Å². The van der Waals surface area contributed by atoms with Crippen LogP contribution in [0.2, 0.25) is 0 Å². The largest absolute Gasteiger partial charge is 0.489 e. The molecule has 2 aromatic carbocycles. The molecule has 0 radical (unpaired) electrons. The molecule has 0 aliphatic rings. The minimum Gasteiger partial charge on any atom is -0.489 e. The maximum atomic E-state index is 12.9. The second-order valence-corrected chi connectivity index (χ2v) is 9.04. The first-order valence-corrected chi connectivity index (χ1v) is 11.4. The normalized spacial score (nSPS) is 10.9. The molecule has 9 heteroatoms. The summed E-state index contributed by atoms with van der Waals surface area (Å²) in [6, 6.07) is 15.7. The number of hydrogen-bond donors (Lipinski definition) is 1. The Morgan fingerprint density at radius 1 is 1.09 bits per heavy atom. The van der Waals surface area contributed by atoms with Gasteiger partial charge in [0.2, 0.25) is 0 Å².